The fraction of sp³-hybridized carbons (Fsp3) is 0.381. The first kappa shape index (κ1) is 18.5. The van der Waals surface area contributed by atoms with Gasteiger partial charge in [0.05, 0.1) is 12.3 Å². The van der Waals surface area contributed by atoms with Crippen LogP contribution >= 0.6 is 0 Å². The summed E-state index contributed by atoms with van der Waals surface area (Å²) in [5, 5.41) is 13.6. The van der Waals surface area contributed by atoms with Crippen molar-refractivity contribution in [3.8, 4) is 0 Å². The van der Waals surface area contributed by atoms with E-state index < -0.39 is 5.54 Å². The van der Waals surface area contributed by atoms with Crippen molar-refractivity contribution in [3.05, 3.63) is 71.0 Å². The van der Waals surface area contributed by atoms with Crippen molar-refractivity contribution in [3.63, 3.8) is 0 Å². The third-order valence-electron chi connectivity index (χ3n) is 5.10. The Morgan fingerprint density at radius 1 is 1.23 bits per heavy atom. The molecule has 1 aliphatic carbocycles. The van der Waals surface area contributed by atoms with Gasteiger partial charge in [0, 0.05) is 5.54 Å². The van der Waals surface area contributed by atoms with Crippen LogP contribution in [0.2, 0.25) is 0 Å². The maximum atomic E-state index is 12.9. The van der Waals surface area contributed by atoms with E-state index in [1.807, 2.05) is 19.1 Å². The molecule has 1 aliphatic rings. The first-order chi connectivity index (χ1) is 12.5. The van der Waals surface area contributed by atoms with Crippen LogP contribution in [-0.4, -0.2) is 23.0 Å². The Hall–Kier alpha value is -2.24. The average molecular weight is 356 g/mol. The number of oxime groups is 1. The highest BCUT2D eigenvalue weighted by Gasteiger charge is 2.35. The summed E-state index contributed by atoms with van der Waals surface area (Å²) in [6, 6.07) is 14.4. The molecule has 0 amide bonds. The van der Waals surface area contributed by atoms with Gasteiger partial charge in [-0.15, -0.1) is 0 Å². The molecule has 0 radical (unpaired) electrons. The van der Waals surface area contributed by atoms with E-state index in [-0.39, 0.29) is 12.4 Å². The zero-order valence-corrected chi connectivity index (χ0v) is 15.0. The number of halogens is 1. The van der Waals surface area contributed by atoms with Crippen molar-refractivity contribution < 1.29 is 14.3 Å². The predicted octanol–water partition coefficient (Wildman–Crippen LogP) is 3.72. The van der Waals surface area contributed by atoms with Crippen LogP contribution in [0.1, 0.15) is 48.8 Å². The second-order valence-electron chi connectivity index (χ2n) is 7.16. The van der Waals surface area contributed by atoms with Crippen LogP contribution in [0.4, 0.5) is 4.39 Å². The van der Waals surface area contributed by atoms with E-state index in [1.54, 1.807) is 12.1 Å². The molecule has 0 bridgehead atoms. The summed E-state index contributed by atoms with van der Waals surface area (Å²) in [6.07, 6.45) is 2.68. The Balaban J connectivity index is 1.58. The molecule has 0 aromatic heterocycles. The summed E-state index contributed by atoms with van der Waals surface area (Å²) >= 11 is 0. The summed E-state index contributed by atoms with van der Waals surface area (Å²) in [4.78, 5) is 5.37. The molecular formula is C21H25FN2O2. The normalized spacial score (nSPS) is 23.2. The first-order valence-corrected chi connectivity index (χ1v) is 8.90. The second kappa shape index (κ2) is 7.98. The molecule has 2 aromatic carbocycles. The zero-order valence-electron chi connectivity index (χ0n) is 15.0. The largest absolute Gasteiger partial charge is 0.394 e. The first-order valence-electron chi connectivity index (χ1n) is 8.90. The fourth-order valence-electron chi connectivity index (χ4n) is 3.42. The number of aliphatic hydroxyl groups excluding tert-OH is 1. The van der Waals surface area contributed by atoms with E-state index in [2.05, 4.69) is 17.3 Å². The smallest absolute Gasteiger partial charge is 0.142 e. The van der Waals surface area contributed by atoms with Crippen LogP contribution in [0, 0.1) is 5.82 Å². The Labute approximate surface area is 153 Å². The molecule has 5 heteroatoms. The molecule has 1 saturated carbocycles. The third kappa shape index (κ3) is 4.48. The zero-order chi connectivity index (χ0) is 18.6. The second-order valence-corrected chi connectivity index (χ2v) is 7.16. The van der Waals surface area contributed by atoms with Gasteiger partial charge in [0.15, 0.2) is 0 Å². The Morgan fingerprint density at radius 3 is 2.54 bits per heavy atom. The lowest BCUT2D eigenvalue weighted by molar-refractivity contribution is 0.130. The number of benzene rings is 2. The Bertz CT molecular complexity index is 759. The lowest BCUT2D eigenvalue weighted by Gasteiger charge is -2.20. The van der Waals surface area contributed by atoms with Crippen LogP contribution < -0.4 is 5.73 Å². The Morgan fingerprint density at radius 2 is 1.92 bits per heavy atom. The molecule has 2 atom stereocenters. The molecule has 0 heterocycles. The van der Waals surface area contributed by atoms with Gasteiger partial charge in [0.1, 0.15) is 12.4 Å². The van der Waals surface area contributed by atoms with Crippen molar-refractivity contribution in [1.82, 2.24) is 0 Å². The van der Waals surface area contributed by atoms with Gasteiger partial charge >= 0.3 is 0 Å². The lowest BCUT2D eigenvalue weighted by atomic mass is 9.93. The summed E-state index contributed by atoms with van der Waals surface area (Å²) in [7, 11) is 0. The molecule has 138 valence electrons. The van der Waals surface area contributed by atoms with Crippen molar-refractivity contribution in [2.45, 2.75) is 44.2 Å². The molecule has 2 aromatic rings. The van der Waals surface area contributed by atoms with Gasteiger partial charge in [-0.05, 0) is 60.9 Å². The molecular weight excluding hydrogens is 331 g/mol. The number of hydrogen-bond acceptors (Lipinski definition) is 4. The number of nitrogens with zero attached hydrogens (tertiary/aromatic N) is 1. The van der Waals surface area contributed by atoms with Gasteiger partial charge in [-0.25, -0.2) is 4.39 Å². The molecule has 26 heavy (non-hydrogen) atoms. The summed E-state index contributed by atoms with van der Waals surface area (Å²) in [5.74, 6) is 0.134. The molecule has 0 spiro atoms. The molecule has 1 fully saturated rings. The number of aliphatic hydroxyl groups is 1. The van der Waals surface area contributed by atoms with Crippen LogP contribution in [-0.2, 0) is 11.4 Å². The molecule has 3 rings (SSSR count). The molecule has 0 saturated heterocycles. The molecule has 0 unspecified atom stereocenters. The van der Waals surface area contributed by atoms with Gasteiger partial charge in [0.2, 0.25) is 0 Å². The highest BCUT2D eigenvalue weighted by molar-refractivity contribution is 5.98. The summed E-state index contributed by atoms with van der Waals surface area (Å²) in [6.45, 7) is 2.24. The van der Waals surface area contributed by atoms with E-state index in [1.165, 1.54) is 17.7 Å². The molecule has 4 nitrogen and oxygen atoms in total. The Kier molecular flexibility index (Phi) is 5.69. The van der Waals surface area contributed by atoms with Crippen molar-refractivity contribution in [1.29, 1.82) is 0 Å². The standard InChI is InChI=1S/C21H25FN2O2/c1-15(24-26-13-16-2-8-20(22)9-3-16)17-4-6-18(7-5-17)19-10-11-21(23,12-19)14-25/h2-9,19,25H,10-14,23H2,1H3/t19-,21-/m1/s1. The minimum absolute atomic E-state index is 0.0404. The van der Waals surface area contributed by atoms with Gasteiger partial charge in [0.25, 0.3) is 0 Å². The number of hydrogen-bond donors (Lipinski definition) is 2. The minimum Gasteiger partial charge on any atom is -0.394 e. The quantitative estimate of drug-likeness (QED) is 0.612. The molecule has 0 aliphatic heterocycles. The number of rotatable bonds is 6. The van der Waals surface area contributed by atoms with Crippen LogP contribution in [0.25, 0.3) is 0 Å². The average Bonchev–Trinajstić information content (AvgIpc) is 3.06. The van der Waals surface area contributed by atoms with Crippen molar-refractivity contribution in [2.75, 3.05) is 6.61 Å². The molecule has 3 N–H and O–H groups in total. The van der Waals surface area contributed by atoms with E-state index in [4.69, 9.17) is 10.6 Å². The summed E-state index contributed by atoms with van der Waals surface area (Å²) < 4.78 is 12.9. The fourth-order valence-corrected chi connectivity index (χ4v) is 3.42. The highest BCUT2D eigenvalue weighted by atomic mass is 19.1. The number of nitrogens with two attached hydrogens (primary N) is 1. The van der Waals surface area contributed by atoms with Crippen molar-refractivity contribution in [2.24, 2.45) is 10.9 Å². The van der Waals surface area contributed by atoms with E-state index in [0.29, 0.717) is 12.5 Å². The maximum Gasteiger partial charge on any atom is 0.142 e. The topological polar surface area (TPSA) is 67.8 Å². The van der Waals surface area contributed by atoms with E-state index in [9.17, 15) is 9.50 Å². The maximum absolute atomic E-state index is 12.9. The highest BCUT2D eigenvalue weighted by Crippen LogP contribution is 2.39. The van der Waals surface area contributed by atoms with Crippen molar-refractivity contribution >= 4 is 5.71 Å². The van der Waals surface area contributed by atoms with E-state index >= 15 is 0 Å². The van der Waals surface area contributed by atoms with Gasteiger partial charge in [-0.1, -0.05) is 41.6 Å². The van der Waals surface area contributed by atoms with Crippen LogP contribution in [0.15, 0.2) is 53.7 Å². The lowest BCUT2D eigenvalue weighted by Crippen LogP contribution is -2.40. The van der Waals surface area contributed by atoms with Crippen LogP contribution in [0.3, 0.4) is 0 Å². The van der Waals surface area contributed by atoms with Crippen LogP contribution in [0.5, 0.6) is 0 Å². The predicted molar refractivity (Wildman–Crippen MR) is 100 cm³/mol. The van der Waals surface area contributed by atoms with Gasteiger partial charge in [-0.3, -0.25) is 0 Å². The SMILES string of the molecule is CC(=NOCc1ccc(F)cc1)c1ccc([C@@H]2CC[C@](N)(CO)C2)cc1. The minimum atomic E-state index is -0.436. The van der Waals surface area contributed by atoms with E-state index in [0.717, 1.165) is 36.1 Å². The third-order valence-corrected chi connectivity index (χ3v) is 5.10. The summed E-state index contributed by atoms with van der Waals surface area (Å²) in [5.41, 5.74) is 9.63. The van der Waals surface area contributed by atoms with Gasteiger partial charge in [-0.2, -0.15) is 0 Å². The monoisotopic (exact) mass is 356 g/mol. The van der Waals surface area contributed by atoms with Gasteiger partial charge < -0.3 is 15.7 Å².